The highest BCUT2D eigenvalue weighted by Crippen LogP contribution is 2.44. The molecular weight excluding hydrogens is 413 g/mol. The molecule has 0 radical (unpaired) electrons. The number of ketones is 1. The van der Waals surface area contributed by atoms with E-state index in [0.29, 0.717) is 17.1 Å². The third kappa shape index (κ3) is 3.61. The van der Waals surface area contributed by atoms with Crippen molar-refractivity contribution in [1.29, 1.82) is 0 Å². The topological polar surface area (TPSA) is 76.1 Å². The van der Waals surface area contributed by atoms with Crippen molar-refractivity contribution in [1.82, 2.24) is 0 Å². The summed E-state index contributed by atoms with van der Waals surface area (Å²) >= 11 is 5.91. The van der Waals surface area contributed by atoms with Crippen LogP contribution in [0.3, 0.4) is 0 Å². The van der Waals surface area contributed by atoms with Crippen molar-refractivity contribution < 1.29 is 28.6 Å². The fourth-order valence-electron chi connectivity index (χ4n) is 3.41. The number of rotatable bonds is 6. The van der Waals surface area contributed by atoms with E-state index in [0.717, 1.165) is 6.07 Å². The lowest BCUT2D eigenvalue weighted by atomic mass is 9.91. The van der Waals surface area contributed by atoms with Gasteiger partial charge in [0.1, 0.15) is 5.82 Å². The van der Waals surface area contributed by atoms with Crippen molar-refractivity contribution in [2.75, 3.05) is 19.1 Å². The van der Waals surface area contributed by atoms with Crippen LogP contribution in [0.25, 0.3) is 0 Å². The third-order valence-electron chi connectivity index (χ3n) is 4.90. The van der Waals surface area contributed by atoms with Crippen molar-refractivity contribution in [3.8, 4) is 11.5 Å². The molecule has 1 heterocycles. The Labute approximate surface area is 178 Å². The molecule has 1 N–H and O–H groups in total. The molecule has 0 bridgehead atoms. The quantitative estimate of drug-likeness (QED) is 0.719. The lowest BCUT2D eigenvalue weighted by molar-refractivity contribution is -0.119. The molecule has 1 atom stereocenters. The maximum Gasteiger partial charge on any atom is 0.294 e. The summed E-state index contributed by atoms with van der Waals surface area (Å²) in [5, 5.41) is 10.4. The van der Waals surface area contributed by atoms with E-state index in [2.05, 4.69) is 0 Å². The summed E-state index contributed by atoms with van der Waals surface area (Å²) in [7, 11) is 2.95. The van der Waals surface area contributed by atoms with Gasteiger partial charge in [-0.1, -0.05) is 31.5 Å². The van der Waals surface area contributed by atoms with Gasteiger partial charge in [0.05, 0.1) is 30.9 Å². The molecule has 0 aromatic heterocycles. The first-order valence-corrected chi connectivity index (χ1v) is 9.56. The largest absolute Gasteiger partial charge is 0.503 e. The number of ether oxygens (including phenoxy) is 2. The molecule has 6 nitrogen and oxygen atoms in total. The molecule has 1 aliphatic rings. The van der Waals surface area contributed by atoms with Crippen molar-refractivity contribution >= 4 is 29.0 Å². The maximum absolute atomic E-state index is 13.7. The molecule has 2 aromatic rings. The summed E-state index contributed by atoms with van der Waals surface area (Å²) in [5.74, 6) is -2.05. The number of aliphatic hydroxyl groups excluding tert-OH is 1. The van der Waals surface area contributed by atoms with Gasteiger partial charge in [-0.25, -0.2) is 4.39 Å². The molecule has 0 aliphatic carbocycles. The zero-order chi connectivity index (χ0) is 22.2. The number of benzene rings is 2. The van der Waals surface area contributed by atoms with Gasteiger partial charge in [-0.15, -0.1) is 0 Å². The molecule has 1 amide bonds. The molecular formula is C22H21ClFNO5. The van der Waals surface area contributed by atoms with E-state index >= 15 is 0 Å². The number of amides is 1. The second kappa shape index (κ2) is 8.36. The summed E-state index contributed by atoms with van der Waals surface area (Å²) in [6, 6.07) is 7.75. The van der Waals surface area contributed by atoms with E-state index in [9.17, 15) is 19.1 Å². The Morgan fingerprint density at radius 2 is 1.80 bits per heavy atom. The van der Waals surface area contributed by atoms with Crippen LogP contribution in [0.15, 0.2) is 47.7 Å². The van der Waals surface area contributed by atoms with Crippen LogP contribution >= 0.6 is 11.6 Å². The molecule has 1 aliphatic heterocycles. The molecule has 3 rings (SSSR count). The fourth-order valence-corrected chi connectivity index (χ4v) is 3.58. The summed E-state index contributed by atoms with van der Waals surface area (Å²) in [5.41, 5.74) is 0.710. The van der Waals surface area contributed by atoms with E-state index in [-0.39, 0.29) is 22.1 Å². The fraction of sp³-hybridized carbons (Fsp3) is 0.273. The van der Waals surface area contributed by atoms with E-state index in [4.69, 9.17) is 21.1 Å². The lowest BCUT2D eigenvalue weighted by Gasteiger charge is -2.28. The lowest BCUT2D eigenvalue weighted by Crippen LogP contribution is -2.31. The van der Waals surface area contributed by atoms with Crippen LogP contribution in [0, 0.1) is 11.7 Å². The van der Waals surface area contributed by atoms with Crippen LogP contribution in [0.4, 0.5) is 10.1 Å². The van der Waals surface area contributed by atoms with E-state index < -0.39 is 29.4 Å². The molecule has 0 saturated heterocycles. The van der Waals surface area contributed by atoms with Gasteiger partial charge in [0.25, 0.3) is 5.91 Å². The van der Waals surface area contributed by atoms with Crippen molar-refractivity contribution in [2.45, 2.75) is 19.9 Å². The summed E-state index contributed by atoms with van der Waals surface area (Å²) in [4.78, 5) is 27.1. The number of carbonyl (C=O) groups is 2. The zero-order valence-electron chi connectivity index (χ0n) is 16.9. The first-order valence-electron chi connectivity index (χ1n) is 9.19. The molecule has 0 fully saturated rings. The Morgan fingerprint density at radius 1 is 1.13 bits per heavy atom. The van der Waals surface area contributed by atoms with Crippen LogP contribution in [0.5, 0.6) is 11.5 Å². The molecule has 8 heteroatoms. The minimum Gasteiger partial charge on any atom is -0.503 e. The van der Waals surface area contributed by atoms with Gasteiger partial charge < -0.3 is 14.6 Å². The monoisotopic (exact) mass is 433 g/mol. The summed E-state index contributed by atoms with van der Waals surface area (Å²) in [6.07, 6.45) is 0. The second-order valence-electron chi connectivity index (χ2n) is 7.07. The number of methoxy groups -OCH3 is 2. The Hall–Kier alpha value is -3.06. The maximum atomic E-state index is 13.7. The van der Waals surface area contributed by atoms with Gasteiger partial charge >= 0.3 is 0 Å². The number of hydrogen-bond donors (Lipinski definition) is 1. The average molecular weight is 434 g/mol. The highest BCUT2D eigenvalue weighted by Gasteiger charge is 2.45. The number of halogens is 2. The zero-order valence-corrected chi connectivity index (χ0v) is 17.7. The average Bonchev–Trinajstić information content (AvgIpc) is 2.99. The van der Waals surface area contributed by atoms with Gasteiger partial charge in [0, 0.05) is 11.6 Å². The van der Waals surface area contributed by atoms with E-state index in [1.54, 1.807) is 32.0 Å². The number of carbonyl (C=O) groups excluding carboxylic acids is 2. The Kier molecular flexibility index (Phi) is 6.03. The van der Waals surface area contributed by atoms with Crippen molar-refractivity contribution in [3.05, 3.63) is 64.1 Å². The summed E-state index contributed by atoms with van der Waals surface area (Å²) in [6.45, 7) is 3.35. The molecule has 1 unspecified atom stereocenters. The van der Waals surface area contributed by atoms with Crippen LogP contribution in [0.2, 0.25) is 5.02 Å². The number of Topliss-reactive ketones (excluding diaryl/α,β-unsaturated/α-hetero) is 1. The molecule has 0 saturated carbocycles. The van der Waals surface area contributed by atoms with Crippen LogP contribution in [-0.2, 0) is 9.59 Å². The van der Waals surface area contributed by atoms with Crippen LogP contribution < -0.4 is 14.4 Å². The molecule has 158 valence electrons. The van der Waals surface area contributed by atoms with Gasteiger partial charge in [-0.3, -0.25) is 14.5 Å². The van der Waals surface area contributed by atoms with Crippen LogP contribution in [0.1, 0.15) is 25.5 Å². The first-order chi connectivity index (χ1) is 14.2. The van der Waals surface area contributed by atoms with Gasteiger partial charge in [-0.05, 0) is 35.9 Å². The highest BCUT2D eigenvalue weighted by molar-refractivity contribution is 6.31. The van der Waals surface area contributed by atoms with Crippen LogP contribution in [-0.4, -0.2) is 31.0 Å². The minimum absolute atomic E-state index is 0.0392. The van der Waals surface area contributed by atoms with Crippen molar-refractivity contribution in [2.24, 2.45) is 5.92 Å². The Bertz CT molecular complexity index is 1050. The number of hydrogen-bond acceptors (Lipinski definition) is 5. The molecule has 0 spiro atoms. The van der Waals surface area contributed by atoms with Gasteiger partial charge in [0.2, 0.25) is 0 Å². The highest BCUT2D eigenvalue weighted by atomic mass is 35.5. The minimum atomic E-state index is -0.950. The van der Waals surface area contributed by atoms with Gasteiger partial charge in [-0.2, -0.15) is 0 Å². The Morgan fingerprint density at radius 3 is 2.37 bits per heavy atom. The van der Waals surface area contributed by atoms with Crippen molar-refractivity contribution in [3.63, 3.8) is 0 Å². The SMILES string of the molecule is COc1ccc(C2C(C(=O)C(C)C)=C(O)C(=O)N2c2ccc(F)c(Cl)c2)cc1OC. The summed E-state index contributed by atoms with van der Waals surface area (Å²) < 4.78 is 24.3. The number of nitrogens with zero attached hydrogens (tertiary/aromatic N) is 1. The second-order valence-corrected chi connectivity index (χ2v) is 7.48. The normalized spacial score (nSPS) is 16.4. The first kappa shape index (κ1) is 21.6. The van der Waals surface area contributed by atoms with Gasteiger partial charge in [0.15, 0.2) is 23.0 Å². The molecule has 2 aromatic carbocycles. The number of anilines is 1. The smallest absolute Gasteiger partial charge is 0.294 e. The standard InChI is InChI=1S/C22H21ClFNO5/c1-11(2)20(26)18-19(12-5-8-16(29-3)17(9-12)30-4)25(22(28)21(18)27)13-6-7-15(24)14(23)10-13/h5-11,19,27H,1-4H3. The predicted octanol–water partition coefficient (Wildman–Crippen LogP) is 4.62. The number of aliphatic hydroxyl groups is 1. The molecule has 30 heavy (non-hydrogen) atoms. The van der Waals surface area contributed by atoms with E-state index in [1.807, 2.05) is 0 Å². The van der Waals surface area contributed by atoms with E-state index in [1.165, 1.54) is 31.3 Å². The Balaban J connectivity index is 2.23. The predicted molar refractivity (Wildman–Crippen MR) is 111 cm³/mol. The third-order valence-corrected chi connectivity index (χ3v) is 5.19.